The van der Waals surface area contributed by atoms with E-state index in [0.29, 0.717) is 23.9 Å². The molecule has 2 heterocycles. The van der Waals surface area contributed by atoms with E-state index in [1.54, 1.807) is 0 Å². The number of carbonyl (C=O) groups excluding carboxylic acids is 1. The van der Waals surface area contributed by atoms with Gasteiger partial charge in [0, 0.05) is 24.5 Å². The molecule has 1 saturated carbocycles. The second-order valence-electron chi connectivity index (χ2n) is 7.48. The quantitative estimate of drug-likeness (QED) is 0.862. The molecule has 3 nitrogen and oxygen atoms in total. The van der Waals surface area contributed by atoms with Crippen LogP contribution in [0.4, 0.5) is 0 Å². The molecule has 1 amide bonds. The lowest BCUT2D eigenvalue weighted by Crippen LogP contribution is -2.46. The average molecular weight is 292 g/mol. The molecule has 3 rings (SSSR count). The third kappa shape index (κ3) is 3.44. The van der Waals surface area contributed by atoms with E-state index in [9.17, 15) is 4.79 Å². The average Bonchev–Trinajstić information content (AvgIpc) is 2.78. The predicted octanol–water partition coefficient (Wildman–Crippen LogP) is 3.34. The van der Waals surface area contributed by atoms with E-state index in [2.05, 4.69) is 17.1 Å². The van der Waals surface area contributed by atoms with Gasteiger partial charge in [-0.2, -0.15) is 0 Å². The van der Waals surface area contributed by atoms with E-state index < -0.39 is 0 Å². The molecule has 3 fully saturated rings. The maximum absolute atomic E-state index is 13.0. The Bertz CT molecular complexity index is 335. The highest BCUT2D eigenvalue weighted by Gasteiger charge is 2.41. The molecular weight excluding hydrogens is 260 g/mol. The minimum atomic E-state index is 0.337. The summed E-state index contributed by atoms with van der Waals surface area (Å²) in [4.78, 5) is 15.3. The van der Waals surface area contributed by atoms with Gasteiger partial charge in [-0.1, -0.05) is 26.2 Å². The molecule has 0 spiro atoms. The summed E-state index contributed by atoms with van der Waals surface area (Å²) >= 11 is 0. The topological polar surface area (TPSA) is 32.3 Å². The van der Waals surface area contributed by atoms with Gasteiger partial charge in [-0.3, -0.25) is 4.79 Å². The molecule has 0 aromatic rings. The van der Waals surface area contributed by atoms with Gasteiger partial charge in [-0.15, -0.1) is 0 Å². The van der Waals surface area contributed by atoms with Crippen molar-refractivity contribution in [3.05, 3.63) is 0 Å². The molecule has 1 N–H and O–H groups in total. The van der Waals surface area contributed by atoms with Crippen LogP contribution in [0.15, 0.2) is 0 Å². The summed E-state index contributed by atoms with van der Waals surface area (Å²) in [6.45, 7) is 4.39. The first-order chi connectivity index (χ1) is 10.3. The summed E-state index contributed by atoms with van der Waals surface area (Å²) < 4.78 is 0. The lowest BCUT2D eigenvalue weighted by molar-refractivity contribution is -0.139. The van der Waals surface area contributed by atoms with E-state index in [-0.39, 0.29) is 0 Å². The van der Waals surface area contributed by atoms with Gasteiger partial charge in [0.1, 0.15) is 0 Å². The zero-order valence-electron chi connectivity index (χ0n) is 13.7. The lowest BCUT2D eigenvalue weighted by atomic mass is 9.79. The van der Waals surface area contributed by atoms with Crippen LogP contribution in [0.25, 0.3) is 0 Å². The highest BCUT2D eigenvalue weighted by Crippen LogP contribution is 2.36. The molecule has 1 aliphatic carbocycles. The van der Waals surface area contributed by atoms with Crippen molar-refractivity contribution < 1.29 is 4.79 Å². The molecule has 120 valence electrons. The van der Waals surface area contributed by atoms with Gasteiger partial charge in [-0.25, -0.2) is 0 Å². The van der Waals surface area contributed by atoms with Gasteiger partial charge in [0.2, 0.25) is 5.91 Å². The first-order valence-corrected chi connectivity index (χ1v) is 9.32. The summed E-state index contributed by atoms with van der Waals surface area (Å²) in [5, 5.41) is 3.50. The lowest BCUT2D eigenvalue weighted by Gasteiger charge is -2.35. The van der Waals surface area contributed by atoms with Crippen LogP contribution in [0.1, 0.15) is 71.1 Å². The van der Waals surface area contributed by atoms with E-state index in [1.807, 2.05) is 0 Å². The van der Waals surface area contributed by atoms with Crippen molar-refractivity contribution >= 4 is 5.91 Å². The first kappa shape index (κ1) is 15.3. The van der Waals surface area contributed by atoms with Crippen molar-refractivity contribution in [2.45, 2.75) is 83.2 Å². The molecule has 0 aromatic heterocycles. The van der Waals surface area contributed by atoms with Crippen LogP contribution in [-0.2, 0) is 4.79 Å². The molecule has 2 unspecified atom stereocenters. The Labute approximate surface area is 129 Å². The molecule has 21 heavy (non-hydrogen) atoms. The number of amides is 1. The van der Waals surface area contributed by atoms with Crippen LogP contribution < -0.4 is 5.32 Å². The van der Waals surface area contributed by atoms with Crippen molar-refractivity contribution in [3.63, 3.8) is 0 Å². The Morgan fingerprint density at radius 2 is 1.81 bits per heavy atom. The van der Waals surface area contributed by atoms with Crippen molar-refractivity contribution in [1.82, 2.24) is 10.2 Å². The highest BCUT2D eigenvalue weighted by molar-refractivity contribution is 5.80. The van der Waals surface area contributed by atoms with Gasteiger partial charge >= 0.3 is 0 Å². The number of unbranched alkanes of at least 4 members (excludes halogenated alkanes) is 1. The zero-order valence-corrected chi connectivity index (χ0v) is 13.7. The van der Waals surface area contributed by atoms with E-state index in [4.69, 9.17) is 0 Å². The largest absolute Gasteiger partial charge is 0.335 e. The SMILES string of the molecule is CCCCC1CCC(C(=O)N2C3CCNCC2CC3)CC1. The van der Waals surface area contributed by atoms with Gasteiger partial charge < -0.3 is 10.2 Å². The van der Waals surface area contributed by atoms with Gasteiger partial charge in [0.15, 0.2) is 0 Å². The Kier molecular flexibility index (Phi) is 5.20. The third-order valence-corrected chi connectivity index (χ3v) is 6.07. The van der Waals surface area contributed by atoms with E-state index in [0.717, 1.165) is 38.3 Å². The summed E-state index contributed by atoms with van der Waals surface area (Å²) in [6, 6.07) is 1.03. The van der Waals surface area contributed by atoms with Crippen molar-refractivity contribution in [2.24, 2.45) is 11.8 Å². The molecule has 0 radical (unpaired) electrons. The third-order valence-electron chi connectivity index (χ3n) is 6.07. The Balaban J connectivity index is 1.54. The van der Waals surface area contributed by atoms with E-state index >= 15 is 0 Å². The zero-order chi connectivity index (χ0) is 14.7. The van der Waals surface area contributed by atoms with Gasteiger partial charge in [0.05, 0.1) is 0 Å². The van der Waals surface area contributed by atoms with Gasteiger partial charge in [0.25, 0.3) is 0 Å². The summed E-state index contributed by atoms with van der Waals surface area (Å²) in [5.74, 6) is 1.74. The minimum absolute atomic E-state index is 0.337. The van der Waals surface area contributed by atoms with Gasteiger partial charge in [-0.05, 0) is 57.4 Å². The Morgan fingerprint density at radius 1 is 1.05 bits per heavy atom. The molecule has 3 aliphatic rings. The minimum Gasteiger partial charge on any atom is -0.335 e. The number of nitrogens with one attached hydrogen (secondary N) is 1. The Morgan fingerprint density at radius 3 is 2.57 bits per heavy atom. The molecular formula is C18H32N2O. The molecule has 2 bridgehead atoms. The molecule has 0 aromatic carbocycles. The van der Waals surface area contributed by atoms with Crippen molar-refractivity contribution in [1.29, 1.82) is 0 Å². The van der Waals surface area contributed by atoms with Crippen LogP contribution >= 0.6 is 0 Å². The summed E-state index contributed by atoms with van der Waals surface area (Å²) in [5.41, 5.74) is 0. The fourth-order valence-electron chi connectivity index (χ4n) is 4.74. The van der Waals surface area contributed by atoms with E-state index in [1.165, 1.54) is 44.9 Å². The molecule has 3 heteroatoms. The van der Waals surface area contributed by atoms with Crippen LogP contribution in [0.2, 0.25) is 0 Å². The number of nitrogens with zero attached hydrogens (tertiary/aromatic N) is 1. The van der Waals surface area contributed by atoms with Crippen molar-refractivity contribution in [3.8, 4) is 0 Å². The smallest absolute Gasteiger partial charge is 0.226 e. The first-order valence-electron chi connectivity index (χ1n) is 9.32. The number of rotatable bonds is 4. The summed E-state index contributed by atoms with van der Waals surface area (Å²) in [7, 11) is 0. The normalized spacial score (nSPS) is 36.5. The number of carbonyl (C=O) groups is 1. The second kappa shape index (κ2) is 7.13. The highest BCUT2D eigenvalue weighted by atomic mass is 16.2. The summed E-state index contributed by atoms with van der Waals surface area (Å²) in [6.07, 6.45) is 12.6. The van der Waals surface area contributed by atoms with Crippen molar-refractivity contribution in [2.75, 3.05) is 13.1 Å². The monoisotopic (exact) mass is 292 g/mol. The number of hydrogen-bond donors (Lipinski definition) is 1. The fourth-order valence-corrected chi connectivity index (χ4v) is 4.74. The molecule has 2 aliphatic heterocycles. The standard InChI is InChI=1S/C18H32N2O/c1-2-3-4-14-5-7-15(8-6-14)18(21)20-16-9-10-17(20)13-19-12-11-16/h14-17,19H,2-13H2,1H3. The van der Waals surface area contributed by atoms with Crippen LogP contribution in [0, 0.1) is 11.8 Å². The number of hydrogen-bond acceptors (Lipinski definition) is 2. The van der Waals surface area contributed by atoms with Crippen LogP contribution in [0.3, 0.4) is 0 Å². The molecule has 2 saturated heterocycles. The predicted molar refractivity (Wildman–Crippen MR) is 86.1 cm³/mol. The number of fused-ring (bicyclic) bond motifs is 2. The molecule has 2 atom stereocenters. The fraction of sp³-hybridized carbons (Fsp3) is 0.944. The van der Waals surface area contributed by atoms with Crippen LogP contribution in [-0.4, -0.2) is 36.0 Å². The van der Waals surface area contributed by atoms with Crippen LogP contribution in [0.5, 0.6) is 0 Å². The maximum atomic E-state index is 13.0. The second-order valence-corrected chi connectivity index (χ2v) is 7.48. The Hall–Kier alpha value is -0.570. The maximum Gasteiger partial charge on any atom is 0.226 e.